The average molecular weight is 316 g/mol. The van der Waals surface area contributed by atoms with Crippen LogP contribution in [-0.4, -0.2) is 51.9 Å². The molecule has 1 aromatic rings. The summed E-state index contributed by atoms with van der Waals surface area (Å²) in [5.74, 6) is -1.33. The van der Waals surface area contributed by atoms with E-state index in [1.165, 1.54) is 19.1 Å². The highest BCUT2D eigenvalue weighted by Crippen LogP contribution is 2.38. The van der Waals surface area contributed by atoms with Crippen molar-refractivity contribution >= 4 is 11.6 Å². The van der Waals surface area contributed by atoms with E-state index in [4.69, 9.17) is 0 Å². The van der Waals surface area contributed by atoms with E-state index in [1.807, 2.05) is 7.05 Å². The molecular weight excluding hydrogens is 296 g/mol. The number of aromatic hydroxyl groups is 2. The molecule has 122 valence electrons. The summed E-state index contributed by atoms with van der Waals surface area (Å²) in [5.41, 5.74) is 0.531. The number of hydrogen-bond donors (Lipinski definition) is 2. The van der Waals surface area contributed by atoms with Crippen molar-refractivity contribution in [3.05, 3.63) is 34.4 Å². The van der Waals surface area contributed by atoms with Gasteiger partial charge in [0.2, 0.25) is 0 Å². The zero-order valence-corrected chi connectivity index (χ0v) is 13.3. The second-order valence-corrected chi connectivity index (χ2v) is 6.15. The molecule has 3 rings (SSSR count). The van der Waals surface area contributed by atoms with Crippen LogP contribution in [0.15, 0.2) is 17.7 Å². The first kappa shape index (κ1) is 15.7. The van der Waals surface area contributed by atoms with Crippen molar-refractivity contribution < 1.29 is 19.8 Å². The molecule has 1 heterocycles. The number of carbonyl (C=O) groups is 2. The monoisotopic (exact) mass is 316 g/mol. The van der Waals surface area contributed by atoms with Crippen molar-refractivity contribution in [2.75, 3.05) is 20.1 Å². The van der Waals surface area contributed by atoms with Gasteiger partial charge in [-0.05, 0) is 31.9 Å². The summed E-state index contributed by atoms with van der Waals surface area (Å²) in [6, 6.07) is 1.39. The van der Waals surface area contributed by atoms with Crippen LogP contribution in [0.1, 0.15) is 46.0 Å². The first-order valence-corrected chi connectivity index (χ1v) is 7.71. The molecule has 1 saturated heterocycles. The predicted octanol–water partition coefficient (Wildman–Crippen LogP) is 1.87. The van der Waals surface area contributed by atoms with Crippen molar-refractivity contribution in [2.24, 2.45) is 0 Å². The summed E-state index contributed by atoms with van der Waals surface area (Å²) in [6.07, 6.45) is 3.38. The number of fused-ring (bicyclic) bond motifs is 1. The Morgan fingerprint density at radius 2 is 1.83 bits per heavy atom. The van der Waals surface area contributed by atoms with Gasteiger partial charge in [0.05, 0.1) is 11.1 Å². The normalized spacial score (nSPS) is 19.7. The van der Waals surface area contributed by atoms with Crippen molar-refractivity contribution in [1.82, 2.24) is 10.0 Å². The molecule has 0 spiro atoms. The fraction of sp³-hybridized carbons (Fsp3) is 0.412. The van der Waals surface area contributed by atoms with Crippen molar-refractivity contribution in [2.45, 2.75) is 26.3 Å². The van der Waals surface area contributed by atoms with E-state index in [-0.39, 0.29) is 28.2 Å². The molecule has 0 atom stereocenters. The minimum absolute atomic E-state index is 0.0877. The van der Waals surface area contributed by atoms with Crippen LogP contribution in [-0.2, 0) is 6.54 Å². The number of Topliss-reactive ketones (excluding diaryl/α,β-unsaturated/α-hetero) is 1. The third kappa shape index (κ3) is 2.64. The second-order valence-electron chi connectivity index (χ2n) is 6.15. The maximum atomic E-state index is 12.2. The largest absolute Gasteiger partial charge is 0.507 e. The first-order valence-electron chi connectivity index (χ1n) is 7.71. The molecule has 6 heteroatoms. The molecule has 0 aromatic heterocycles. The topological polar surface area (TPSA) is 81.1 Å². The Kier molecular flexibility index (Phi) is 3.95. The van der Waals surface area contributed by atoms with Crippen LogP contribution in [0.5, 0.6) is 11.5 Å². The highest BCUT2D eigenvalue weighted by Gasteiger charge is 2.31. The summed E-state index contributed by atoms with van der Waals surface area (Å²) in [4.78, 5) is 24.4. The Morgan fingerprint density at radius 1 is 1.13 bits per heavy atom. The molecule has 23 heavy (non-hydrogen) atoms. The third-order valence-electron chi connectivity index (χ3n) is 4.52. The summed E-state index contributed by atoms with van der Waals surface area (Å²) in [5, 5.41) is 24.8. The van der Waals surface area contributed by atoms with Crippen molar-refractivity contribution in [1.29, 1.82) is 0 Å². The van der Waals surface area contributed by atoms with E-state index in [1.54, 1.807) is 0 Å². The molecule has 6 nitrogen and oxygen atoms in total. The number of phenols is 2. The van der Waals surface area contributed by atoms with Gasteiger partial charge >= 0.3 is 0 Å². The maximum absolute atomic E-state index is 12.2. The molecule has 2 aliphatic rings. The molecule has 0 saturated carbocycles. The number of hydrogen-bond acceptors (Lipinski definition) is 6. The van der Waals surface area contributed by atoms with Crippen LogP contribution < -0.4 is 0 Å². The molecule has 0 bridgehead atoms. The molecule has 1 aliphatic heterocycles. The Balaban J connectivity index is 2.02. The lowest BCUT2D eigenvalue weighted by Gasteiger charge is -2.36. The summed E-state index contributed by atoms with van der Waals surface area (Å²) >= 11 is 0. The lowest BCUT2D eigenvalue weighted by Crippen LogP contribution is -2.44. The molecule has 0 amide bonds. The van der Waals surface area contributed by atoms with Crippen molar-refractivity contribution in [3.8, 4) is 11.5 Å². The molecule has 0 radical (unpaired) electrons. The smallest absolute Gasteiger partial charge is 0.193 e. The van der Waals surface area contributed by atoms with Crippen LogP contribution >= 0.6 is 0 Å². The van der Waals surface area contributed by atoms with E-state index < -0.39 is 11.6 Å². The molecule has 1 aliphatic carbocycles. The minimum Gasteiger partial charge on any atom is -0.507 e. The molecule has 2 N–H and O–H groups in total. The van der Waals surface area contributed by atoms with E-state index in [0.717, 1.165) is 25.9 Å². The van der Waals surface area contributed by atoms with Gasteiger partial charge in [-0.3, -0.25) is 9.59 Å². The second kappa shape index (κ2) is 5.79. The van der Waals surface area contributed by atoms with Gasteiger partial charge in [0.15, 0.2) is 11.6 Å². The van der Waals surface area contributed by atoms with Gasteiger partial charge in [0.25, 0.3) is 0 Å². The Bertz CT molecular complexity index is 724. The number of hydrazine groups is 1. The fourth-order valence-electron chi connectivity index (χ4n) is 3.18. The Hall–Kier alpha value is -2.18. The highest BCUT2D eigenvalue weighted by molar-refractivity contribution is 6.26. The lowest BCUT2D eigenvalue weighted by atomic mass is 9.87. The van der Waals surface area contributed by atoms with Gasteiger partial charge in [-0.15, -0.1) is 0 Å². The lowest BCUT2D eigenvalue weighted by molar-refractivity contribution is -0.0351. The van der Waals surface area contributed by atoms with Gasteiger partial charge in [-0.1, -0.05) is 0 Å². The Morgan fingerprint density at radius 3 is 2.52 bits per heavy atom. The van der Waals surface area contributed by atoms with E-state index in [2.05, 4.69) is 10.0 Å². The van der Waals surface area contributed by atoms with Gasteiger partial charge in [-0.2, -0.15) is 0 Å². The average Bonchev–Trinajstić information content (AvgIpc) is 2.50. The van der Waals surface area contributed by atoms with Crippen LogP contribution in [0.4, 0.5) is 0 Å². The van der Waals surface area contributed by atoms with E-state index in [9.17, 15) is 19.8 Å². The summed E-state index contributed by atoms with van der Waals surface area (Å²) in [6.45, 7) is 3.68. The van der Waals surface area contributed by atoms with Crippen LogP contribution in [0.3, 0.4) is 0 Å². The summed E-state index contributed by atoms with van der Waals surface area (Å²) in [7, 11) is 1.97. The fourth-order valence-corrected chi connectivity index (χ4v) is 3.18. The standard InChI is InChI=1S/C17H20N2O4/c1-10-7-12(20)15-14(16(10)22)13(21)8-11(17(15)23)9-19-6-4-3-5-18(19)2/h7-8,21,23H,3-6,9H2,1-2H3. The zero-order chi connectivity index (χ0) is 16.7. The Labute approximate surface area is 134 Å². The van der Waals surface area contributed by atoms with E-state index in [0.29, 0.717) is 12.1 Å². The number of carbonyl (C=O) groups excluding carboxylic acids is 2. The number of rotatable bonds is 2. The third-order valence-corrected chi connectivity index (χ3v) is 4.52. The zero-order valence-electron chi connectivity index (χ0n) is 13.3. The quantitative estimate of drug-likeness (QED) is 0.811. The van der Waals surface area contributed by atoms with Crippen LogP contribution in [0.2, 0.25) is 0 Å². The van der Waals surface area contributed by atoms with Crippen LogP contribution in [0.25, 0.3) is 0 Å². The van der Waals surface area contributed by atoms with Crippen LogP contribution in [0, 0.1) is 0 Å². The molecular formula is C17H20N2O4. The van der Waals surface area contributed by atoms with Gasteiger partial charge in [-0.25, -0.2) is 10.0 Å². The number of phenolic OH excluding ortho intramolecular Hbond substituents is 2. The van der Waals surface area contributed by atoms with Crippen molar-refractivity contribution in [3.63, 3.8) is 0 Å². The molecule has 1 aromatic carbocycles. The highest BCUT2D eigenvalue weighted by atomic mass is 16.3. The summed E-state index contributed by atoms with van der Waals surface area (Å²) < 4.78 is 0. The van der Waals surface area contributed by atoms with Gasteiger partial charge in [0.1, 0.15) is 11.5 Å². The number of nitrogens with zero attached hydrogens (tertiary/aromatic N) is 2. The van der Waals surface area contributed by atoms with Gasteiger partial charge < -0.3 is 10.2 Å². The molecule has 0 unspecified atom stereocenters. The number of benzene rings is 1. The number of ketones is 2. The SMILES string of the molecule is CC1=CC(=O)c2c(O)c(CN3CCCCN3C)cc(O)c2C1=O. The van der Waals surface area contributed by atoms with E-state index >= 15 is 0 Å². The molecule has 1 fully saturated rings. The minimum atomic E-state index is -0.446. The predicted molar refractivity (Wildman–Crippen MR) is 84.5 cm³/mol. The van der Waals surface area contributed by atoms with Gasteiger partial charge in [0, 0.05) is 37.8 Å². The first-order chi connectivity index (χ1) is 10.9. The maximum Gasteiger partial charge on any atom is 0.193 e. The number of allylic oxidation sites excluding steroid dienone is 2.